The highest BCUT2D eigenvalue weighted by Gasteiger charge is 1.96. The average molecular weight is 138 g/mol. The Hall–Kier alpha value is -1.58. The molecule has 1 aromatic rings. The van der Waals surface area contributed by atoms with E-state index in [1.807, 2.05) is 0 Å². The van der Waals surface area contributed by atoms with Crippen molar-refractivity contribution in [2.45, 2.75) is 0 Å². The summed E-state index contributed by atoms with van der Waals surface area (Å²) in [6.45, 7) is 0.313. The predicted molar refractivity (Wildman–Crippen MR) is 35.3 cm³/mol. The number of nitrogens with two attached hydrogens (primary N) is 1. The maximum Gasteiger partial charge on any atom is 0.298 e. The molecule has 1 aromatic heterocycles. The van der Waals surface area contributed by atoms with E-state index in [0.29, 0.717) is 6.47 Å². The molecule has 4 nitrogen and oxygen atoms in total. The lowest BCUT2D eigenvalue weighted by atomic mass is 10.4. The largest absolute Gasteiger partial charge is 0.425 e. The summed E-state index contributed by atoms with van der Waals surface area (Å²) in [6, 6.07) is 3.20. The van der Waals surface area contributed by atoms with Gasteiger partial charge in [-0.25, -0.2) is 4.98 Å². The van der Waals surface area contributed by atoms with Crippen LogP contribution in [0.25, 0.3) is 0 Å². The molecule has 2 N–H and O–H groups in total. The quantitative estimate of drug-likeness (QED) is 0.593. The molecular weight excluding hydrogens is 132 g/mol. The third kappa shape index (κ3) is 1.22. The Morgan fingerprint density at radius 1 is 1.70 bits per heavy atom. The van der Waals surface area contributed by atoms with E-state index in [9.17, 15) is 4.79 Å². The fraction of sp³-hybridized carbons (Fsp3) is 0. The van der Waals surface area contributed by atoms with Crippen LogP contribution in [0.1, 0.15) is 0 Å². The van der Waals surface area contributed by atoms with Gasteiger partial charge in [-0.3, -0.25) is 4.79 Å². The van der Waals surface area contributed by atoms with Gasteiger partial charge in [-0.15, -0.1) is 0 Å². The van der Waals surface area contributed by atoms with E-state index in [4.69, 9.17) is 5.73 Å². The van der Waals surface area contributed by atoms with Gasteiger partial charge in [0.2, 0.25) is 0 Å². The second-order valence-electron chi connectivity index (χ2n) is 1.60. The van der Waals surface area contributed by atoms with Gasteiger partial charge in [-0.2, -0.15) is 0 Å². The van der Waals surface area contributed by atoms with E-state index in [-0.39, 0.29) is 11.6 Å². The number of carbonyl (C=O) groups is 1. The van der Waals surface area contributed by atoms with Crippen LogP contribution in [0.15, 0.2) is 18.3 Å². The summed E-state index contributed by atoms with van der Waals surface area (Å²) < 4.78 is 4.47. The molecule has 52 valence electrons. The van der Waals surface area contributed by atoms with Gasteiger partial charge in [0.25, 0.3) is 6.47 Å². The summed E-state index contributed by atoms with van der Waals surface area (Å²) in [7, 11) is 0. The lowest BCUT2D eigenvalue weighted by Crippen LogP contribution is -1.96. The van der Waals surface area contributed by atoms with E-state index in [1.165, 1.54) is 6.20 Å². The maximum absolute atomic E-state index is 9.82. The minimum absolute atomic E-state index is 0.217. The molecule has 4 heteroatoms. The van der Waals surface area contributed by atoms with Crippen LogP contribution in [0.2, 0.25) is 0 Å². The molecule has 0 fully saturated rings. The zero-order valence-corrected chi connectivity index (χ0v) is 5.15. The van der Waals surface area contributed by atoms with Gasteiger partial charge in [0.15, 0.2) is 11.6 Å². The number of aromatic nitrogens is 1. The highest BCUT2D eigenvalue weighted by molar-refractivity contribution is 5.53. The van der Waals surface area contributed by atoms with Crippen molar-refractivity contribution in [3.63, 3.8) is 0 Å². The van der Waals surface area contributed by atoms with Crippen LogP contribution < -0.4 is 10.5 Å². The van der Waals surface area contributed by atoms with Crippen LogP contribution in [0, 0.1) is 0 Å². The molecule has 0 amide bonds. The lowest BCUT2D eigenvalue weighted by molar-refractivity contribution is -0.120. The van der Waals surface area contributed by atoms with Crippen LogP contribution in [0.5, 0.6) is 5.75 Å². The van der Waals surface area contributed by atoms with E-state index >= 15 is 0 Å². The van der Waals surface area contributed by atoms with Gasteiger partial charge >= 0.3 is 0 Å². The van der Waals surface area contributed by atoms with Crippen molar-refractivity contribution in [3.8, 4) is 5.75 Å². The molecule has 0 aromatic carbocycles. The Kier molecular flexibility index (Phi) is 1.84. The third-order valence-electron chi connectivity index (χ3n) is 0.975. The Labute approximate surface area is 57.6 Å². The minimum atomic E-state index is 0.217. The van der Waals surface area contributed by atoms with Crippen LogP contribution in [0.4, 0.5) is 5.82 Å². The van der Waals surface area contributed by atoms with Gasteiger partial charge in [0.05, 0.1) is 0 Å². The Morgan fingerprint density at radius 3 is 3.10 bits per heavy atom. The number of ether oxygens (including phenoxy) is 1. The van der Waals surface area contributed by atoms with E-state index in [1.54, 1.807) is 12.1 Å². The van der Waals surface area contributed by atoms with Crippen molar-refractivity contribution >= 4 is 12.3 Å². The number of nitrogen functional groups attached to an aromatic ring is 1. The van der Waals surface area contributed by atoms with Crippen molar-refractivity contribution in [2.24, 2.45) is 0 Å². The maximum atomic E-state index is 9.82. The van der Waals surface area contributed by atoms with Crippen LogP contribution in [-0.2, 0) is 4.79 Å². The zero-order chi connectivity index (χ0) is 7.40. The first-order valence-electron chi connectivity index (χ1n) is 2.65. The Morgan fingerprint density at radius 2 is 2.50 bits per heavy atom. The second-order valence-corrected chi connectivity index (χ2v) is 1.60. The molecule has 0 radical (unpaired) electrons. The molecule has 0 saturated carbocycles. The zero-order valence-electron chi connectivity index (χ0n) is 5.15. The van der Waals surface area contributed by atoms with E-state index in [0.717, 1.165) is 0 Å². The van der Waals surface area contributed by atoms with Gasteiger partial charge in [-0.1, -0.05) is 0 Å². The summed E-state index contributed by atoms with van der Waals surface area (Å²) in [5, 5.41) is 0. The average Bonchev–Trinajstić information content (AvgIpc) is 1.94. The van der Waals surface area contributed by atoms with Crippen molar-refractivity contribution in [2.75, 3.05) is 5.73 Å². The number of rotatable bonds is 2. The monoisotopic (exact) mass is 138 g/mol. The molecule has 1 rings (SSSR count). The fourth-order valence-corrected chi connectivity index (χ4v) is 0.554. The summed E-state index contributed by atoms with van der Waals surface area (Å²) in [5.41, 5.74) is 5.31. The number of nitrogens with zero attached hydrogens (tertiary/aromatic N) is 1. The molecular formula is C6H6N2O2. The first-order chi connectivity index (χ1) is 4.84. The van der Waals surface area contributed by atoms with Crippen LogP contribution in [-0.4, -0.2) is 11.5 Å². The van der Waals surface area contributed by atoms with E-state index in [2.05, 4.69) is 9.72 Å². The van der Waals surface area contributed by atoms with Crippen molar-refractivity contribution < 1.29 is 9.53 Å². The Balaban J connectivity index is 2.91. The highest BCUT2D eigenvalue weighted by Crippen LogP contribution is 2.15. The van der Waals surface area contributed by atoms with Crippen molar-refractivity contribution in [1.82, 2.24) is 4.98 Å². The molecule has 0 atom stereocenters. The fourth-order valence-electron chi connectivity index (χ4n) is 0.554. The molecule has 0 unspecified atom stereocenters. The second kappa shape index (κ2) is 2.82. The number of hydrogen-bond donors (Lipinski definition) is 1. The molecule has 1 heterocycles. The minimum Gasteiger partial charge on any atom is -0.425 e. The number of hydrogen-bond acceptors (Lipinski definition) is 4. The lowest BCUT2D eigenvalue weighted by Gasteiger charge is -1.97. The first-order valence-corrected chi connectivity index (χ1v) is 2.65. The van der Waals surface area contributed by atoms with Gasteiger partial charge < -0.3 is 10.5 Å². The molecule has 0 aliphatic carbocycles. The third-order valence-corrected chi connectivity index (χ3v) is 0.975. The number of carbonyl (C=O) groups excluding carboxylic acids is 1. The summed E-state index contributed by atoms with van der Waals surface area (Å²) in [4.78, 5) is 13.5. The number of anilines is 1. The number of pyridine rings is 1. The normalized spacial score (nSPS) is 8.80. The molecule has 10 heavy (non-hydrogen) atoms. The summed E-state index contributed by atoms with van der Waals surface area (Å²) >= 11 is 0. The van der Waals surface area contributed by atoms with Crippen molar-refractivity contribution in [1.29, 1.82) is 0 Å². The topological polar surface area (TPSA) is 65.2 Å². The van der Waals surface area contributed by atoms with Crippen molar-refractivity contribution in [3.05, 3.63) is 18.3 Å². The van der Waals surface area contributed by atoms with Crippen LogP contribution >= 0.6 is 0 Å². The smallest absolute Gasteiger partial charge is 0.298 e. The molecule has 0 aliphatic heterocycles. The van der Waals surface area contributed by atoms with Crippen LogP contribution in [0.3, 0.4) is 0 Å². The predicted octanol–water partition coefficient (Wildman–Crippen LogP) is 0.199. The standard InChI is InChI=1S/C6H6N2O2/c7-6-5(10-4-9)2-1-3-8-6/h1-4H,(H2,7,8). The molecule has 0 aliphatic rings. The summed E-state index contributed by atoms with van der Waals surface area (Å²) in [6.07, 6.45) is 1.52. The highest BCUT2D eigenvalue weighted by atomic mass is 16.5. The Bertz CT molecular complexity index is 237. The van der Waals surface area contributed by atoms with Gasteiger partial charge in [0, 0.05) is 6.20 Å². The molecule has 0 spiro atoms. The van der Waals surface area contributed by atoms with E-state index < -0.39 is 0 Å². The van der Waals surface area contributed by atoms with Gasteiger partial charge in [-0.05, 0) is 12.1 Å². The van der Waals surface area contributed by atoms with Gasteiger partial charge in [0.1, 0.15) is 0 Å². The first kappa shape index (κ1) is 6.54. The molecule has 0 saturated heterocycles. The molecule has 0 bridgehead atoms. The summed E-state index contributed by atoms with van der Waals surface area (Å²) in [5.74, 6) is 0.507. The SMILES string of the molecule is Nc1ncccc1OC=O.